The van der Waals surface area contributed by atoms with E-state index in [0.29, 0.717) is 42.8 Å². The van der Waals surface area contributed by atoms with Gasteiger partial charge in [0.05, 0.1) is 23.1 Å². The Morgan fingerprint density at radius 2 is 1.93 bits per heavy atom. The minimum absolute atomic E-state index is 0.131. The number of carbonyl (C=O) groups excluding carboxylic acids is 2. The van der Waals surface area contributed by atoms with Crippen LogP contribution in [0, 0.1) is 18.6 Å². The summed E-state index contributed by atoms with van der Waals surface area (Å²) in [5.74, 6) is -2.10. The topological polar surface area (TPSA) is 97.0 Å². The first-order chi connectivity index (χ1) is 18.8. The number of anilines is 2. The highest BCUT2D eigenvalue weighted by Crippen LogP contribution is 2.34. The van der Waals surface area contributed by atoms with E-state index in [2.05, 4.69) is 15.4 Å². The fourth-order valence-corrected chi connectivity index (χ4v) is 5.02. The normalized spacial score (nSPS) is 15.7. The number of rotatable bonds is 5. The minimum atomic E-state index is -0.745. The van der Waals surface area contributed by atoms with Crippen LogP contribution in [0.25, 0.3) is 16.6 Å². The van der Waals surface area contributed by atoms with Gasteiger partial charge in [-0.1, -0.05) is 0 Å². The van der Waals surface area contributed by atoms with Crippen molar-refractivity contribution in [2.24, 2.45) is 0 Å². The number of ether oxygens (including phenoxy) is 1. The van der Waals surface area contributed by atoms with Crippen molar-refractivity contribution in [3.8, 4) is 0 Å². The first-order valence-corrected chi connectivity index (χ1v) is 13.2. The molecule has 1 aliphatic rings. The van der Waals surface area contributed by atoms with Crippen molar-refractivity contribution in [1.29, 1.82) is 0 Å². The van der Waals surface area contributed by atoms with Crippen LogP contribution in [0.3, 0.4) is 0 Å². The molecule has 0 saturated carbocycles. The molecule has 1 aromatic carbocycles. The summed E-state index contributed by atoms with van der Waals surface area (Å²) in [6.07, 6.45) is 5.20. The molecule has 1 saturated heterocycles. The average molecular weight is 554 g/mol. The lowest BCUT2D eigenvalue weighted by Gasteiger charge is -2.29. The Labute approximate surface area is 230 Å². The minimum Gasteiger partial charge on any atom is -0.444 e. The van der Waals surface area contributed by atoms with Gasteiger partial charge < -0.3 is 24.3 Å². The van der Waals surface area contributed by atoms with Crippen LogP contribution < -0.4 is 10.2 Å². The number of benzene rings is 1. The highest BCUT2D eigenvalue weighted by Gasteiger charge is 2.33. The molecule has 0 unspecified atom stereocenters. The van der Waals surface area contributed by atoms with Gasteiger partial charge in [-0.3, -0.25) is 9.48 Å². The van der Waals surface area contributed by atoms with Gasteiger partial charge in [-0.2, -0.15) is 5.10 Å². The van der Waals surface area contributed by atoms with Gasteiger partial charge in [-0.05, 0) is 47.1 Å². The van der Waals surface area contributed by atoms with Gasteiger partial charge in [0, 0.05) is 56.7 Å². The zero-order chi connectivity index (χ0) is 28.9. The van der Waals surface area contributed by atoms with Crippen molar-refractivity contribution >= 4 is 39.9 Å². The van der Waals surface area contributed by atoms with Crippen molar-refractivity contribution in [3.63, 3.8) is 0 Å². The van der Waals surface area contributed by atoms with E-state index in [1.807, 2.05) is 32.6 Å². The third kappa shape index (κ3) is 5.17. The molecule has 10 nitrogen and oxygen atoms in total. The van der Waals surface area contributed by atoms with Crippen LogP contribution in [0.2, 0.25) is 0 Å². The molecule has 12 heteroatoms. The molecule has 1 atom stereocenters. The Morgan fingerprint density at radius 3 is 2.62 bits per heavy atom. The second-order valence-electron chi connectivity index (χ2n) is 11.1. The molecular formula is C28H33F2N7O3. The molecule has 0 bridgehead atoms. The number of nitrogens with zero attached hydrogens (tertiary/aromatic N) is 6. The Hall–Kier alpha value is -4.22. The Kier molecular flexibility index (Phi) is 6.89. The van der Waals surface area contributed by atoms with Gasteiger partial charge in [0.2, 0.25) is 0 Å². The van der Waals surface area contributed by atoms with Gasteiger partial charge in [0.25, 0.3) is 5.91 Å². The first kappa shape index (κ1) is 27.4. The number of likely N-dealkylation sites (N-methyl/N-ethyl adjacent to an activating group) is 1. The lowest BCUT2D eigenvalue weighted by atomic mass is 10.1. The second-order valence-corrected chi connectivity index (χ2v) is 11.1. The molecular weight excluding hydrogens is 520 g/mol. The molecule has 1 fully saturated rings. The number of aromatic nitrogens is 4. The number of carbonyl (C=O) groups is 2. The van der Waals surface area contributed by atoms with Crippen molar-refractivity contribution in [1.82, 2.24) is 24.1 Å². The van der Waals surface area contributed by atoms with Gasteiger partial charge in [-0.15, -0.1) is 0 Å². The lowest BCUT2D eigenvalue weighted by Crippen LogP contribution is -2.42. The number of imidazole rings is 1. The molecule has 212 valence electrons. The lowest BCUT2D eigenvalue weighted by molar-refractivity contribution is 0.0237. The summed E-state index contributed by atoms with van der Waals surface area (Å²) in [4.78, 5) is 33.6. The summed E-state index contributed by atoms with van der Waals surface area (Å²) >= 11 is 0. The Bertz CT molecular complexity index is 1620. The molecule has 40 heavy (non-hydrogen) atoms. The maximum atomic E-state index is 15.7. The van der Waals surface area contributed by atoms with E-state index in [1.165, 1.54) is 16.7 Å². The molecule has 0 aliphatic carbocycles. The molecule has 1 N–H and O–H groups in total. The van der Waals surface area contributed by atoms with Gasteiger partial charge >= 0.3 is 6.09 Å². The largest absolute Gasteiger partial charge is 0.444 e. The SMILES string of the molecule is CCn1cc2c(N3CC[C@@H](N(C)C(=O)OC(C)(C)C)C3)cc(F)c(C(=O)Nc3cc(F)c4nc(C)cn4c3)c2n1. The Balaban J connectivity index is 1.45. The maximum absolute atomic E-state index is 15.7. The first-order valence-electron chi connectivity index (χ1n) is 13.2. The van der Waals surface area contributed by atoms with Crippen molar-refractivity contribution in [3.05, 3.63) is 53.6 Å². The molecule has 4 aromatic rings. The van der Waals surface area contributed by atoms with Crippen LogP contribution in [0.1, 0.15) is 50.2 Å². The highest BCUT2D eigenvalue weighted by atomic mass is 19.1. The number of pyridine rings is 1. The zero-order valence-corrected chi connectivity index (χ0v) is 23.5. The summed E-state index contributed by atoms with van der Waals surface area (Å²) in [6, 6.07) is 2.35. The van der Waals surface area contributed by atoms with E-state index in [4.69, 9.17) is 4.74 Å². The van der Waals surface area contributed by atoms with Crippen molar-refractivity contribution < 1.29 is 23.1 Å². The molecule has 0 radical (unpaired) electrons. The fourth-order valence-electron chi connectivity index (χ4n) is 5.02. The fraction of sp³-hybridized carbons (Fsp3) is 0.429. The quantitative estimate of drug-likeness (QED) is 0.374. The van der Waals surface area contributed by atoms with Crippen LogP contribution in [0.5, 0.6) is 0 Å². The van der Waals surface area contributed by atoms with Crippen LogP contribution in [0.15, 0.2) is 30.7 Å². The van der Waals surface area contributed by atoms with Gasteiger partial charge in [0.1, 0.15) is 22.5 Å². The van der Waals surface area contributed by atoms with Crippen LogP contribution in [-0.4, -0.2) is 67.8 Å². The van der Waals surface area contributed by atoms with Gasteiger partial charge in [0.15, 0.2) is 11.5 Å². The predicted molar refractivity (Wildman–Crippen MR) is 148 cm³/mol. The molecule has 0 spiro atoms. The third-order valence-corrected chi connectivity index (χ3v) is 6.95. The molecule has 2 amide bonds. The van der Waals surface area contributed by atoms with E-state index in [-0.39, 0.29) is 28.5 Å². The van der Waals surface area contributed by atoms with E-state index in [9.17, 15) is 14.0 Å². The smallest absolute Gasteiger partial charge is 0.410 e. The molecule has 3 aromatic heterocycles. The summed E-state index contributed by atoms with van der Waals surface area (Å²) in [5.41, 5.74) is 0.873. The highest BCUT2D eigenvalue weighted by molar-refractivity contribution is 6.14. The van der Waals surface area contributed by atoms with E-state index in [0.717, 1.165) is 6.07 Å². The second kappa shape index (κ2) is 10.1. The number of fused-ring (bicyclic) bond motifs is 2. The predicted octanol–water partition coefficient (Wildman–Crippen LogP) is 4.99. The standard InChI is InChI=1S/C28H33F2N7O3/c1-7-37-15-19-22(35-9-8-18(14-35)34(6)27(39)40-28(3,4)5)11-20(29)23(24(19)33-37)26(38)32-17-10-21(30)25-31-16(2)12-36(25)13-17/h10-13,15,18H,7-9,14H2,1-6H3,(H,32,38)/t18-/m1/s1. The molecule has 5 rings (SSSR count). The van der Waals surface area contributed by atoms with Crippen LogP contribution in [0.4, 0.5) is 25.0 Å². The monoisotopic (exact) mass is 553 g/mol. The molecule has 1 aliphatic heterocycles. The summed E-state index contributed by atoms with van der Waals surface area (Å²) in [7, 11) is 1.70. The van der Waals surface area contributed by atoms with Gasteiger partial charge in [-0.25, -0.2) is 18.6 Å². The van der Waals surface area contributed by atoms with E-state index < -0.39 is 29.2 Å². The van der Waals surface area contributed by atoms with Crippen LogP contribution in [-0.2, 0) is 11.3 Å². The summed E-state index contributed by atoms with van der Waals surface area (Å²) in [5, 5.41) is 7.72. The third-order valence-electron chi connectivity index (χ3n) is 6.95. The maximum Gasteiger partial charge on any atom is 0.410 e. The average Bonchev–Trinajstić information content (AvgIpc) is 3.59. The summed E-state index contributed by atoms with van der Waals surface area (Å²) < 4.78 is 38.9. The number of hydrogen-bond acceptors (Lipinski definition) is 6. The van der Waals surface area contributed by atoms with Crippen LogP contribution >= 0.6 is 0 Å². The number of amides is 2. The van der Waals surface area contributed by atoms with Crippen molar-refractivity contribution in [2.75, 3.05) is 30.4 Å². The van der Waals surface area contributed by atoms with E-state index in [1.54, 1.807) is 35.9 Å². The number of hydrogen-bond donors (Lipinski definition) is 1. The number of aryl methyl sites for hydroxylation is 2. The number of nitrogens with one attached hydrogen (secondary N) is 1. The van der Waals surface area contributed by atoms with Crippen molar-refractivity contribution in [2.45, 2.75) is 59.2 Å². The molecule has 4 heterocycles. The summed E-state index contributed by atoms with van der Waals surface area (Å²) in [6.45, 7) is 10.6. The Morgan fingerprint density at radius 1 is 1.18 bits per heavy atom. The number of halogens is 2. The van der Waals surface area contributed by atoms with E-state index >= 15 is 4.39 Å². The zero-order valence-electron chi connectivity index (χ0n) is 23.5.